The van der Waals surface area contributed by atoms with Crippen molar-refractivity contribution in [2.45, 2.75) is 76.4 Å². The zero-order valence-corrected chi connectivity index (χ0v) is 17.2. The van der Waals surface area contributed by atoms with Crippen molar-refractivity contribution in [3.63, 3.8) is 0 Å². The van der Waals surface area contributed by atoms with Gasteiger partial charge in [0.2, 0.25) is 5.91 Å². The first-order valence-electron chi connectivity index (χ1n) is 11.0. The van der Waals surface area contributed by atoms with Crippen LogP contribution in [0.15, 0.2) is 12.3 Å². The highest BCUT2D eigenvalue weighted by atomic mass is 19.4. The molecule has 3 aliphatic heterocycles. The Balaban J connectivity index is 1.37. The summed E-state index contributed by atoms with van der Waals surface area (Å²) in [6.07, 6.45) is 0.985. The van der Waals surface area contributed by atoms with Crippen molar-refractivity contribution in [1.82, 2.24) is 14.8 Å². The number of rotatable bonds is 1. The van der Waals surface area contributed by atoms with Crippen molar-refractivity contribution >= 4 is 5.91 Å². The first kappa shape index (κ1) is 20.2. The molecule has 1 aromatic heterocycles. The number of halogens is 3. The number of hydrogen-bond acceptors (Lipinski definition) is 4. The first-order valence-corrected chi connectivity index (χ1v) is 11.0. The van der Waals surface area contributed by atoms with Crippen LogP contribution in [0, 0.1) is 11.3 Å². The van der Waals surface area contributed by atoms with E-state index in [0.29, 0.717) is 23.7 Å². The van der Waals surface area contributed by atoms with E-state index >= 15 is 0 Å². The highest BCUT2D eigenvalue weighted by Gasteiger charge is 2.61. The average Bonchev–Trinajstić information content (AvgIpc) is 3.24. The minimum absolute atomic E-state index is 0.0103. The van der Waals surface area contributed by atoms with E-state index in [1.807, 2.05) is 4.90 Å². The third-order valence-electron chi connectivity index (χ3n) is 8.21. The molecule has 2 saturated heterocycles. The van der Waals surface area contributed by atoms with Crippen molar-refractivity contribution in [3.05, 3.63) is 29.1 Å². The number of aliphatic hydroxyl groups is 1. The van der Waals surface area contributed by atoms with Gasteiger partial charge in [-0.1, -0.05) is 6.92 Å². The Labute approximate surface area is 174 Å². The zero-order valence-electron chi connectivity index (χ0n) is 17.2. The molecule has 0 bridgehead atoms. The zero-order chi connectivity index (χ0) is 21.3. The fraction of sp³-hybridized carbons (Fsp3) is 0.727. The van der Waals surface area contributed by atoms with Crippen molar-refractivity contribution in [2.24, 2.45) is 11.3 Å². The SMILES string of the molecule is CC1C2Cc3ncc(C(F)(F)F)cc3CN2C(=O)[C@]12CC[C@H](N1CCC(O)CC1)C2. The molecule has 2 unspecified atom stereocenters. The van der Waals surface area contributed by atoms with E-state index in [-0.39, 0.29) is 30.5 Å². The number of carbonyl (C=O) groups excluding carboxylic acids is 1. The Morgan fingerprint density at radius 3 is 2.67 bits per heavy atom. The number of aliphatic hydroxyl groups excluding tert-OH is 1. The molecule has 4 atom stereocenters. The van der Waals surface area contributed by atoms with Crippen LogP contribution in [-0.4, -0.2) is 57.1 Å². The minimum Gasteiger partial charge on any atom is -0.393 e. The standard InChI is InChI=1S/C22H28F3N3O2/c1-13-19-9-18-14(8-15(11-26-18)22(23,24)25)12-28(19)20(30)21(13)5-2-16(10-21)27-6-3-17(29)4-7-27/h8,11,13,16-17,19,29H,2-7,9-10,12H2,1H3/t13?,16-,19?,21-/m0/s1. The lowest BCUT2D eigenvalue weighted by Gasteiger charge is -2.35. The van der Waals surface area contributed by atoms with E-state index in [1.165, 1.54) is 0 Å². The third kappa shape index (κ3) is 3.06. The summed E-state index contributed by atoms with van der Waals surface area (Å²) in [7, 11) is 0. The Hall–Kier alpha value is -1.67. The summed E-state index contributed by atoms with van der Waals surface area (Å²) in [6, 6.07) is 1.52. The molecule has 1 aromatic rings. The van der Waals surface area contributed by atoms with E-state index in [0.717, 1.165) is 57.5 Å². The van der Waals surface area contributed by atoms with Gasteiger partial charge in [0, 0.05) is 50.0 Å². The molecule has 0 radical (unpaired) electrons. The van der Waals surface area contributed by atoms with E-state index in [1.54, 1.807) is 0 Å². The van der Waals surface area contributed by atoms with Crippen molar-refractivity contribution in [1.29, 1.82) is 0 Å². The van der Waals surface area contributed by atoms with Gasteiger partial charge in [-0.2, -0.15) is 13.2 Å². The van der Waals surface area contributed by atoms with Crippen LogP contribution in [0.1, 0.15) is 55.8 Å². The van der Waals surface area contributed by atoms with Gasteiger partial charge in [0.25, 0.3) is 0 Å². The largest absolute Gasteiger partial charge is 0.417 e. The maximum absolute atomic E-state index is 13.6. The number of amides is 1. The lowest BCUT2D eigenvalue weighted by atomic mass is 9.73. The molecule has 1 amide bonds. The number of pyridine rings is 1. The lowest BCUT2D eigenvalue weighted by Crippen LogP contribution is -2.43. The molecule has 1 saturated carbocycles. The molecule has 1 spiro atoms. The topological polar surface area (TPSA) is 56.7 Å². The van der Waals surface area contributed by atoms with Crippen LogP contribution < -0.4 is 0 Å². The maximum Gasteiger partial charge on any atom is 0.417 e. The fourth-order valence-electron chi connectivity index (χ4n) is 6.36. The molecule has 4 heterocycles. The van der Waals surface area contributed by atoms with Crippen LogP contribution in [0.5, 0.6) is 0 Å². The molecule has 0 aromatic carbocycles. The van der Waals surface area contributed by atoms with Gasteiger partial charge in [0.1, 0.15) is 0 Å². The highest BCUT2D eigenvalue weighted by Crippen LogP contribution is 2.55. The quantitative estimate of drug-likeness (QED) is 0.755. The summed E-state index contributed by atoms with van der Waals surface area (Å²) >= 11 is 0. The smallest absolute Gasteiger partial charge is 0.393 e. The van der Waals surface area contributed by atoms with Crippen LogP contribution in [-0.2, 0) is 23.9 Å². The fourth-order valence-corrected chi connectivity index (χ4v) is 6.36. The van der Waals surface area contributed by atoms with Crippen LogP contribution in [0.4, 0.5) is 13.2 Å². The first-order chi connectivity index (χ1) is 14.2. The average molecular weight is 423 g/mol. The van der Waals surface area contributed by atoms with Gasteiger partial charge in [-0.05, 0) is 49.7 Å². The summed E-state index contributed by atoms with van der Waals surface area (Å²) in [5, 5.41) is 9.79. The number of aromatic nitrogens is 1. The summed E-state index contributed by atoms with van der Waals surface area (Å²) in [5.41, 5.74) is 0.0568. The number of hydrogen-bond donors (Lipinski definition) is 1. The Morgan fingerprint density at radius 1 is 1.23 bits per heavy atom. The van der Waals surface area contributed by atoms with Crippen LogP contribution in [0.2, 0.25) is 0 Å². The number of fused-ring (bicyclic) bond motifs is 2. The predicted molar refractivity (Wildman–Crippen MR) is 103 cm³/mol. The molecular weight excluding hydrogens is 395 g/mol. The Kier molecular flexibility index (Phi) is 4.67. The van der Waals surface area contributed by atoms with E-state index in [2.05, 4.69) is 16.8 Å². The molecular formula is C22H28F3N3O2. The third-order valence-corrected chi connectivity index (χ3v) is 8.21. The number of nitrogens with zero attached hydrogens (tertiary/aromatic N) is 3. The van der Waals surface area contributed by atoms with Crippen LogP contribution in [0.3, 0.4) is 0 Å². The normalized spacial score (nSPS) is 35.2. The van der Waals surface area contributed by atoms with Gasteiger partial charge in [0.05, 0.1) is 17.1 Å². The highest BCUT2D eigenvalue weighted by molar-refractivity contribution is 5.87. The number of piperidine rings is 1. The van der Waals surface area contributed by atoms with Crippen molar-refractivity contribution < 1.29 is 23.1 Å². The van der Waals surface area contributed by atoms with Crippen molar-refractivity contribution in [3.8, 4) is 0 Å². The molecule has 5 rings (SSSR count). The van der Waals surface area contributed by atoms with Gasteiger partial charge >= 0.3 is 6.18 Å². The molecule has 5 nitrogen and oxygen atoms in total. The molecule has 3 fully saturated rings. The Bertz CT molecular complexity index is 853. The van der Waals surface area contributed by atoms with Gasteiger partial charge in [-0.25, -0.2) is 0 Å². The summed E-state index contributed by atoms with van der Waals surface area (Å²) in [5.74, 6) is 0.269. The summed E-state index contributed by atoms with van der Waals surface area (Å²) < 4.78 is 39.3. The second-order valence-electron chi connectivity index (χ2n) is 9.64. The van der Waals surface area contributed by atoms with Crippen LogP contribution >= 0.6 is 0 Å². The number of alkyl halides is 3. The predicted octanol–water partition coefficient (Wildman–Crippen LogP) is 3.00. The van der Waals surface area contributed by atoms with Gasteiger partial charge in [0.15, 0.2) is 0 Å². The molecule has 4 aliphatic rings. The second kappa shape index (κ2) is 6.92. The second-order valence-corrected chi connectivity index (χ2v) is 9.64. The van der Waals surface area contributed by atoms with E-state index in [9.17, 15) is 23.1 Å². The molecule has 30 heavy (non-hydrogen) atoms. The molecule has 164 valence electrons. The number of likely N-dealkylation sites (tertiary alicyclic amines) is 1. The van der Waals surface area contributed by atoms with Crippen molar-refractivity contribution in [2.75, 3.05) is 13.1 Å². The lowest BCUT2D eigenvalue weighted by molar-refractivity contribution is -0.138. The van der Waals surface area contributed by atoms with E-state index in [4.69, 9.17) is 0 Å². The minimum atomic E-state index is -4.43. The molecule has 1 N–H and O–H groups in total. The van der Waals surface area contributed by atoms with Gasteiger partial charge in [-0.15, -0.1) is 0 Å². The maximum atomic E-state index is 13.6. The van der Waals surface area contributed by atoms with Gasteiger partial charge in [-0.3, -0.25) is 9.78 Å². The summed E-state index contributed by atoms with van der Waals surface area (Å²) in [4.78, 5) is 21.9. The van der Waals surface area contributed by atoms with Gasteiger partial charge < -0.3 is 14.9 Å². The molecule has 8 heteroatoms. The monoisotopic (exact) mass is 423 g/mol. The number of carbonyl (C=O) groups is 1. The Morgan fingerprint density at radius 2 is 1.97 bits per heavy atom. The van der Waals surface area contributed by atoms with Crippen LogP contribution in [0.25, 0.3) is 0 Å². The van der Waals surface area contributed by atoms with E-state index < -0.39 is 17.2 Å². The summed E-state index contributed by atoms with van der Waals surface area (Å²) in [6.45, 7) is 4.10. The molecule has 1 aliphatic carbocycles.